The summed E-state index contributed by atoms with van der Waals surface area (Å²) in [4.78, 5) is 15.4. The molecule has 0 saturated carbocycles. The minimum Gasteiger partial charge on any atom is -0.462 e. The van der Waals surface area contributed by atoms with Gasteiger partial charge in [-0.15, -0.1) is 0 Å². The van der Waals surface area contributed by atoms with Crippen molar-refractivity contribution >= 4 is 23.3 Å². The zero-order valence-corrected chi connectivity index (χ0v) is 18.4. The van der Waals surface area contributed by atoms with Crippen molar-refractivity contribution < 1.29 is 9.53 Å². The van der Waals surface area contributed by atoms with E-state index in [1.807, 2.05) is 19.1 Å². The van der Waals surface area contributed by atoms with Crippen molar-refractivity contribution in [2.24, 2.45) is 11.8 Å². The first-order valence-electron chi connectivity index (χ1n) is 11.4. The van der Waals surface area contributed by atoms with Gasteiger partial charge in [-0.25, -0.2) is 4.79 Å². The number of carbonyl (C=O) groups excluding carboxylic acids is 1. The Morgan fingerprint density at radius 1 is 1.06 bits per heavy atom. The fourth-order valence-corrected chi connectivity index (χ4v) is 6.47. The van der Waals surface area contributed by atoms with Gasteiger partial charge in [0.25, 0.3) is 0 Å². The summed E-state index contributed by atoms with van der Waals surface area (Å²) in [5.74, 6) is 1.51. The van der Waals surface area contributed by atoms with Crippen LogP contribution in [0.25, 0.3) is 0 Å². The maximum absolute atomic E-state index is 12.7. The number of allylic oxidation sites excluding steroid dienone is 4. The molecule has 158 valence electrons. The molecule has 6 rings (SSSR count). The third kappa shape index (κ3) is 2.90. The standard InChI is InChI=1S/C27H26ClNO2/c1-2-31-27(30)18-13-23-20-6-3-5-17(20)15-29-25(16-9-11-19(28)12-10-16)22-8-4-7-21(22)24(14-18)26(23)29/h3-4,6-7,9-14,17,20-22,25H,2,5,8,15H2,1H3/t17-,20+,21+,22-,25+/m1/s1. The van der Waals surface area contributed by atoms with Crippen molar-refractivity contribution in [1.82, 2.24) is 0 Å². The molecule has 3 nitrogen and oxygen atoms in total. The maximum atomic E-state index is 12.7. The van der Waals surface area contributed by atoms with E-state index in [9.17, 15) is 4.79 Å². The normalized spacial score (nSPS) is 29.5. The van der Waals surface area contributed by atoms with Crippen LogP contribution in [0.4, 0.5) is 5.69 Å². The topological polar surface area (TPSA) is 29.5 Å². The second-order valence-electron chi connectivity index (χ2n) is 9.18. The number of anilines is 1. The van der Waals surface area contributed by atoms with E-state index in [4.69, 9.17) is 16.3 Å². The summed E-state index contributed by atoms with van der Waals surface area (Å²) < 4.78 is 5.39. The highest BCUT2D eigenvalue weighted by molar-refractivity contribution is 6.30. The van der Waals surface area contributed by atoms with Crippen LogP contribution in [0.5, 0.6) is 0 Å². The molecule has 5 atom stereocenters. The molecule has 0 bridgehead atoms. The second-order valence-corrected chi connectivity index (χ2v) is 9.61. The Morgan fingerprint density at radius 2 is 1.77 bits per heavy atom. The zero-order chi connectivity index (χ0) is 21.1. The molecule has 4 aliphatic rings. The van der Waals surface area contributed by atoms with Gasteiger partial charge in [-0.1, -0.05) is 48.0 Å². The second kappa shape index (κ2) is 7.27. The molecule has 31 heavy (non-hydrogen) atoms. The zero-order valence-electron chi connectivity index (χ0n) is 17.6. The Kier molecular flexibility index (Phi) is 4.50. The van der Waals surface area contributed by atoms with Gasteiger partial charge < -0.3 is 9.64 Å². The van der Waals surface area contributed by atoms with Crippen LogP contribution in [-0.4, -0.2) is 19.1 Å². The van der Waals surface area contributed by atoms with Gasteiger partial charge in [-0.2, -0.15) is 0 Å². The van der Waals surface area contributed by atoms with Gasteiger partial charge in [0.05, 0.1) is 18.2 Å². The van der Waals surface area contributed by atoms with Crippen LogP contribution < -0.4 is 4.90 Å². The summed E-state index contributed by atoms with van der Waals surface area (Å²) >= 11 is 6.22. The molecule has 2 aromatic carbocycles. The number of hydrogen-bond acceptors (Lipinski definition) is 3. The fourth-order valence-electron chi connectivity index (χ4n) is 6.35. The molecule has 2 heterocycles. The minimum atomic E-state index is -0.212. The Labute approximate surface area is 188 Å². The van der Waals surface area contributed by atoms with E-state index in [-0.39, 0.29) is 5.97 Å². The highest BCUT2D eigenvalue weighted by atomic mass is 35.5. The average molecular weight is 432 g/mol. The van der Waals surface area contributed by atoms with Crippen molar-refractivity contribution in [3.63, 3.8) is 0 Å². The molecule has 4 heteroatoms. The molecular formula is C27H26ClNO2. The lowest BCUT2D eigenvalue weighted by molar-refractivity contribution is 0.0526. The van der Waals surface area contributed by atoms with E-state index < -0.39 is 0 Å². The van der Waals surface area contributed by atoms with E-state index in [1.54, 1.807) is 0 Å². The summed E-state index contributed by atoms with van der Waals surface area (Å²) in [5, 5.41) is 0.777. The molecule has 0 N–H and O–H groups in total. The van der Waals surface area contributed by atoms with Crippen molar-refractivity contribution in [3.05, 3.63) is 88.0 Å². The van der Waals surface area contributed by atoms with Gasteiger partial charge in [0.1, 0.15) is 0 Å². The minimum absolute atomic E-state index is 0.212. The number of esters is 1. The molecule has 2 aliphatic heterocycles. The molecule has 2 aromatic rings. The molecule has 0 amide bonds. The third-order valence-electron chi connectivity index (χ3n) is 7.57. The van der Waals surface area contributed by atoms with Gasteiger partial charge in [0.2, 0.25) is 0 Å². The number of hydrogen-bond donors (Lipinski definition) is 0. The monoisotopic (exact) mass is 431 g/mol. The van der Waals surface area contributed by atoms with Crippen LogP contribution in [0.3, 0.4) is 0 Å². The number of fused-ring (bicyclic) bond motifs is 4. The van der Waals surface area contributed by atoms with Crippen LogP contribution in [0, 0.1) is 11.8 Å². The largest absolute Gasteiger partial charge is 0.462 e. The highest BCUT2D eigenvalue weighted by Gasteiger charge is 2.48. The number of ether oxygens (including phenoxy) is 1. The quantitative estimate of drug-likeness (QED) is 0.415. The van der Waals surface area contributed by atoms with E-state index in [0.717, 1.165) is 24.4 Å². The number of benzene rings is 2. The van der Waals surface area contributed by atoms with Gasteiger partial charge in [-0.3, -0.25) is 0 Å². The van der Waals surface area contributed by atoms with Crippen LogP contribution >= 0.6 is 11.6 Å². The number of carbonyl (C=O) groups is 1. The third-order valence-corrected chi connectivity index (χ3v) is 7.82. The lowest BCUT2D eigenvalue weighted by Gasteiger charge is -2.51. The molecule has 0 fully saturated rings. The maximum Gasteiger partial charge on any atom is 0.338 e. The Bertz CT molecular complexity index is 1090. The molecular weight excluding hydrogens is 406 g/mol. The van der Waals surface area contributed by atoms with Crippen LogP contribution in [0.1, 0.15) is 64.7 Å². The molecule has 2 aliphatic carbocycles. The highest BCUT2D eigenvalue weighted by Crippen LogP contribution is 2.59. The first kappa shape index (κ1) is 19.2. The van der Waals surface area contributed by atoms with Crippen molar-refractivity contribution in [2.45, 2.75) is 37.6 Å². The Morgan fingerprint density at radius 3 is 2.55 bits per heavy atom. The molecule has 0 unspecified atom stereocenters. The smallest absolute Gasteiger partial charge is 0.338 e. The Hall–Kier alpha value is -2.52. The molecule has 0 aromatic heterocycles. The van der Waals surface area contributed by atoms with Gasteiger partial charge >= 0.3 is 5.97 Å². The first-order valence-corrected chi connectivity index (χ1v) is 11.7. The lowest BCUT2D eigenvalue weighted by Crippen LogP contribution is -2.46. The van der Waals surface area contributed by atoms with Crippen molar-refractivity contribution in [1.29, 1.82) is 0 Å². The summed E-state index contributed by atoms with van der Waals surface area (Å²) in [6.07, 6.45) is 11.5. The number of halogens is 1. The fraction of sp³-hybridized carbons (Fsp3) is 0.370. The van der Waals surface area contributed by atoms with Gasteiger partial charge in [0.15, 0.2) is 0 Å². The van der Waals surface area contributed by atoms with E-state index >= 15 is 0 Å². The predicted octanol–water partition coefficient (Wildman–Crippen LogP) is 6.41. The van der Waals surface area contributed by atoms with Gasteiger partial charge in [0, 0.05) is 29.1 Å². The summed E-state index contributed by atoms with van der Waals surface area (Å²) in [6, 6.07) is 12.9. The lowest BCUT2D eigenvalue weighted by atomic mass is 9.70. The average Bonchev–Trinajstić information content (AvgIpc) is 3.44. The summed E-state index contributed by atoms with van der Waals surface area (Å²) in [5.41, 5.74) is 5.96. The van der Waals surface area contributed by atoms with E-state index in [0.29, 0.717) is 41.9 Å². The Balaban J connectivity index is 1.56. The van der Waals surface area contributed by atoms with Crippen LogP contribution in [-0.2, 0) is 4.74 Å². The predicted molar refractivity (Wildman–Crippen MR) is 124 cm³/mol. The van der Waals surface area contributed by atoms with Gasteiger partial charge in [-0.05, 0) is 72.6 Å². The first-order chi connectivity index (χ1) is 15.2. The van der Waals surface area contributed by atoms with Crippen LogP contribution in [0.15, 0.2) is 60.7 Å². The molecule has 0 saturated heterocycles. The van der Waals surface area contributed by atoms with E-state index in [1.165, 1.54) is 22.4 Å². The number of nitrogens with zero attached hydrogens (tertiary/aromatic N) is 1. The summed E-state index contributed by atoms with van der Waals surface area (Å²) in [7, 11) is 0. The SMILES string of the molecule is CCOC(=O)c1cc2c3c(c1)[C@H]1C=CC[C@H]1[C@H](c1ccc(Cl)cc1)N3C[C@H]1CC=C[C@H]21. The number of rotatable bonds is 3. The van der Waals surface area contributed by atoms with Crippen LogP contribution in [0.2, 0.25) is 5.02 Å². The van der Waals surface area contributed by atoms with Crippen molar-refractivity contribution in [2.75, 3.05) is 18.1 Å². The molecule has 0 radical (unpaired) electrons. The summed E-state index contributed by atoms with van der Waals surface area (Å²) in [6.45, 7) is 3.31. The van der Waals surface area contributed by atoms with E-state index in [2.05, 4.69) is 53.5 Å². The molecule has 0 spiro atoms. The van der Waals surface area contributed by atoms with Crippen molar-refractivity contribution in [3.8, 4) is 0 Å².